The molecule has 1 fully saturated rings. The van der Waals surface area contributed by atoms with Crippen LogP contribution in [0.4, 0.5) is 15.8 Å². The van der Waals surface area contributed by atoms with Crippen molar-refractivity contribution < 1.29 is 27.1 Å². The summed E-state index contributed by atoms with van der Waals surface area (Å²) in [6, 6.07) is 8.29. The van der Waals surface area contributed by atoms with Crippen LogP contribution in [-0.4, -0.2) is 57.4 Å². The van der Waals surface area contributed by atoms with Crippen LogP contribution in [0.25, 0.3) is 0 Å². The molecule has 4 rings (SSSR count). The summed E-state index contributed by atoms with van der Waals surface area (Å²) < 4.78 is 46.5. The maximum Gasteiger partial charge on any atom is 0.258 e. The summed E-state index contributed by atoms with van der Waals surface area (Å²) in [7, 11) is -3.86. The Morgan fingerprint density at radius 1 is 1.06 bits per heavy atom. The van der Waals surface area contributed by atoms with E-state index in [2.05, 4.69) is 5.32 Å². The molecular formula is C21H22FN3O5S. The molecule has 0 bridgehead atoms. The molecule has 0 aliphatic carbocycles. The van der Waals surface area contributed by atoms with E-state index in [0.29, 0.717) is 18.7 Å². The number of carbonyl (C=O) groups excluding carboxylic acids is 2. The lowest BCUT2D eigenvalue weighted by Crippen LogP contribution is -2.40. The van der Waals surface area contributed by atoms with Crippen LogP contribution in [0.2, 0.25) is 0 Å². The first-order valence-corrected chi connectivity index (χ1v) is 11.3. The number of anilines is 2. The molecule has 2 aromatic rings. The number of fused-ring (bicyclic) bond motifs is 1. The SMILES string of the molecule is CC(=O)N1CCc2cc(NC(=O)c3cc(S(=O)(=O)N4CCOCC4)ccc3F)ccc21. The zero-order chi connectivity index (χ0) is 22.2. The second-order valence-corrected chi connectivity index (χ2v) is 9.31. The Morgan fingerprint density at radius 2 is 1.81 bits per heavy atom. The molecule has 0 radical (unpaired) electrons. The van der Waals surface area contributed by atoms with E-state index in [1.165, 1.54) is 11.2 Å². The predicted molar refractivity (Wildman–Crippen MR) is 112 cm³/mol. The normalized spacial score (nSPS) is 16.8. The molecule has 2 amide bonds. The monoisotopic (exact) mass is 447 g/mol. The van der Waals surface area contributed by atoms with Crippen molar-refractivity contribution in [3.8, 4) is 0 Å². The molecule has 31 heavy (non-hydrogen) atoms. The summed E-state index contributed by atoms with van der Waals surface area (Å²) >= 11 is 0. The Balaban J connectivity index is 1.57. The van der Waals surface area contributed by atoms with Gasteiger partial charge in [-0.05, 0) is 48.4 Å². The number of hydrogen-bond donors (Lipinski definition) is 1. The minimum Gasteiger partial charge on any atom is -0.379 e. The molecule has 0 spiro atoms. The van der Waals surface area contributed by atoms with E-state index in [1.54, 1.807) is 23.1 Å². The highest BCUT2D eigenvalue weighted by Crippen LogP contribution is 2.31. The van der Waals surface area contributed by atoms with Crippen molar-refractivity contribution in [1.82, 2.24) is 4.31 Å². The van der Waals surface area contributed by atoms with E-state index in [1.807, 2.05) is 0 Å². The van der Waals surface area contributed by atoms with Gasteiger partial charge in [0, 0.05) is 37.9 Å². The number of morpholine rings is 1. The van der Waals surface area contributed by atoms with Gasteiger partial charge in [0.05, 0.1) is 23.7 Å². The standard InChI is InChI=1S/C21H22FN3O5S/c1-14(26)25-7-6-15-12-16(2-5-20(15)25)23-21(27)18-13-17(3-4-19(18)22)31(28,29)24-8-10-30-11-9-24/h2-5,12-13H,6-11H2,1H3,(H,23,27). The fourth-order valence-electron chi connectivity index (χ4n) is 3.78. The van der Waals surface area contributed by atoms with Gasteiger partial charge in [0.1, 0.15) is 5.82 Å². The molecule has 0 aromatic heterocycles. The largest absolute Gasteiger partial charge is 0.379 e. The smallest absolute Gasteiger partial charge is 0.258 e. The topological polar surface area (TPSA) is 96.0 Å². The second-order valence-electron chi connectivity index (χ2n) is 7.38. The third kappa shape index (κ3) is 4.18. The lowest BCUT2D eigenvalue weighted by atomic mass is 10.1. The quantitative estimate of drug-likeness (QED) is 0.774. The number of halogens is 1. The Morgan fingerprint density at radius 3 is 2.52 bits per heavy atom. The summed E-state index contributed by atoms with van der Waals surface area (Å²) in [5, 5.41) is 2.62. The van der Waals surface area contributed by atoms with Gasteiger partial charge in [-0.2, -0.15) is 4.31 Å². The molecule has 0 atom stereocenters. The van der Waals surface area contributed by atoms with Crippen molar-refractivity contribution in [3.05, 3.63) is 53.3 Å². The van der Waals surface area contributed by atoms with Gasteiger partial charge in [-0.25, -0.2) is 12.8 Å². The van der Waals surface area contributed by atoms with Gasteiger partial charge in [0.15, 0.2) is 0 Å². The zero-order valence-electron chi connectivity index (χ0n) is 16.9. The minimum atomic E-state index is -3.86. The van der Waals surface area contributed by atoms with Crippen molar-refractivity contribution in [3.63, 3.8) is 0 Å². The number of nitrogens with one attached hydrogen (secondary N) is 1. The van der Waals surface area contributed by atoms with E-state index >= 15 is 0 Å². The van der Waals surface area contributed by atoms with E-state index in [4.69, 9.17) is 4.74 Å². The molecule has 2 aromatic carbocycles. The van der Waals surface area contributed by atoms with Gasteiger partial charge >= 0.3 is 0 Å². The third-order valence-corrected chi connectivity index (χ3v) is 7.30. The second kappa shape index (κ2) is 8.37. The first-order chi connectivity index (χ1) is 14.8. The van der Waals surface area contributed by atoms with Gasteiger partial charge in [-0.15, -0.1) is 0 Å². The molecule has 2 heterocycles. The molecule has 0 unspecified atom stereocenters. The maximum atomic E-state index is 14.4. The van der Waals surface area contributed by atoms with Crippen LogP contribution in [0.5, 0.6) is 0 Å². The van der Waals surface area contributed by atoms with E-state index in [0.717, 1.165) is 29.4 Å². The van der Waals surface area contributed by atoms with Gasteiger partial charge in [-0.1, -0.05) is 0 Å². The summed E-state index contributed by atoms with van der Waals surface area (Å²) in [4.78, 5) is 25.9. The maximum absolute atomic E-state index is 14.4. The van der Waals surface area contributed by atoms with Gasteiger partial charge in [-0.3, -0.25) is 9.59 Å². The van der Waals surface area contributed by atoms with E-state index in [-0.39, 0.29) is 42.7 Å². The molecule has 8 nitrogen and oxygen atoms in total. The number of sulfonamides is 1. The number of benzene rings is 2. The zero-order valence-corrected chi connectivity index (χ0v) is 17.7. The summed E-state index contributed by atoms with van der Waals surface area (Å²) in [5.74, 6) is -1.63. The fraction of sp³-hybridized carbons (Fsp3) is 0.333. The van der Waals surface area contributed by atoms with Crippen molar-refractivity contribution in [2.45, 2.75) is 18.2 Å². The first-order valence-electron chi connectivity index (χ1n) is 9.87. The number of rotatable bonds is 4. The summed E-state index contributed by atoms with van der Waals surface area (Å²) in [5.41, 5.74) is 1.77. The third-order valence-electron chi connectivity index (χ3n) is 5.40. The van der Waals surface area contributed by atoms with Crippen LogP contribution >= 0.6 is 0 Å². The molecule has 10 heteroatoms. The highest BCUT2D eigenvalue weighted by atomic mass is 32.2. The van der Waals surface area contributed by atoms with Crippen molar-refractivity contribution in [2.75, 3.05) is 43.1 Å². The number of ether oxygens (including phenoxy) is 1. The molecule has 2 aliphatic heterocycles. The molecular weight excluding hydrogens is 425 g/mol. The van der Waals surface area contributed by atoms with Crippen molar-refractivity contribution in [1.29, 1.82) is 0 Å². The molecule has 2 aliphatic rings. The molecule has 164 valence electrons. The number of amides is 2. The van der Waals surface area contributed by atoms with Gasteiger partial charge in [0.2, 0.25) is 15.9 Å². The summed E-state index contributed by atoms with van der Waals surface area (Å²) in [6.45, 7) is 3.03. The van der Waals surface area contributed by atoms with Crippen molar-refractivity contribution >= 4 is 33.2 Å². The minimum absolute atomic E-state index is 0.0594. The van der Waals surface area contributed by atoms with Gasteiger partial charge < -0.3 is 15.0 Å². The van der Waals surface area contributed by atoms with Crippen LogP contribution in [-0.2, 0) is 26.0 Å². The van der Waals surface area contributed by atoms with E-state index < -0.39 is 21.7 Å². The average Bonchev–Trinajstić information content (AvgIpc) is 3.18. The summed E-state index contributed by atoms with van der Waals surface area (Å²) in [6.07, 6.45) is 0.653. The van der Waals surface area contributed by atoms with Crippen LogP contribution in [0.1, 0.15) is 22.8 Å². The number of hydrogen-bond acceptors (Lipinski definition) is 5. The van der Waals surface area contributed by atoms with E-state index in [9.17, 15) is 22.4 Å². The Hall–Kier alpha value is -2.82. The van der Waals surface area contributed by atoms with Crippen molar-refractivity contribution in [2.24, 2.45) is 0 Å². The van der Waals surface area contributed by atoms with Crippen LogP contribution < -0.4 is 10.2 Å². The van der Waals surface area contributed by atoms with Crippen LogP contribution in [0.3, 0.4) is 0 Å². The molecule has 0 saturated carbocycles. The number of nitrogens with zero attached hydrogens (tertiary/aromatic N) is 2. The molecule has 1 saturated heterocycles. The highest BCUT2D eigenvalue weighted by Gasteiger charge is 2.28. The number of carbonyl (C=O) groups is 2. The predicted octanol–water partition coefficient (Wildman–Crippen LogP) is 2.01. The Bertz CT molecular complexity index is 1150. The lowest BCUT2D eigenvalue weighted by molar-refractivity contribution is -0.116. The fourth-order valence-corrected chi connectivity index (χ4v) is 5.21. The molecule has 1 N–H and O–H groups in total. The van der Waals surface area contributed by atoms with Crippen LogP contribution in [0, 0.1) is 5.82 Å². The average molecular weight is 447 g/mol. The van der Waals surface area contributed by atoms with Gasteiger partial charge in [0.25, 0.3) is 5.91 Å². The lowest BCUT2D eigenvalue weighted by Gasteiger charge is -2.26. The van der Waals surface area contributed by atoms with Crippen LogP contribution in [0.15, 0.2) is 41.3 Å². The Labute approximate surface area is 179 Å². The highest BCUT2D eigenvalue weighted by molar-refractivity contribution is 7.89. The Kier molecular flexibility index (Phi) is 5.78. The first kappa shape index (κ1) is 21.4.